The third kappa shape index (κ3) is 3.69. The number of carboxylic acids is 1. The summed E-state index contributed by atoms with van der Waals surface area (Å²) in [7, 11) is 1.79. The molecular formula is C17H16FNO2. The molecule has 0 aliphatic carbocycles. The van der Waals surface area contributed by atoms with Crippen LogP contribution in [0.3, 0.4) is 0 Å². The fourth-order valence-corrected chi connectivity index (χ4v) is 2.04. The molecule has 1 N–H and O–H groups in total. The Bertz CT molecular complexity index is 695. The summed E-state index contributed by atoms with van der Waals surface area (Å²) in [6.07, 6.45) is 2.35. The Hall–Kier alpha value is -2.62. The highest BCUT2D eigenvalue weighted by atomic mass is 19.1. The molecule has 108 valence electrons. The van der Waals surface area contributed by atoms with Gasteiger partial charge in [0, 0.05) is 18.8 Å². The number of nitrogens with zero attached hydrogens (tertiary/aromatic N) is 1. The molecule has 0 bridgehead atoms. The molecule has 0 fully saturated rings. The zero-order valence-corrected chi connectivity index (χ0v) is 11.9. The van der Waals surface area contributed by atoms with Crippen LogP contribution in [-0.4, -0.2) is 18.1 Å². The van der Waals surface area contributed by atoms with Crippen LogP contribution >= 0.6 is 0 Å². The average molecular weight is 285 g/mol. The molecule has 0 heterocycles. The van der Waals surface area contributed by atoms with Crippen molar-refractivity contribution in [2.75, 3.05) is 11.9 Å². The number of rotatable bonds is 4. The van der Waals surface area contributed by atoms with Gasteiger partial charge in [0.2, 0.25) is 0 Å². The Labute approximate surface area is 123 Å². The SMILES string of the molecule is Cc1cccc(N(C)c2ccc(C=CC(=O)O)cc2F)c1. The summed E-state index contributed by atoms with van der Waals surface area (Å²) in [5.74, 6) is -1.46. The van der Waals surface area contributed by atoms with Gasteiger partial charge in [-0.2, -0.15) is 0 Å². The van der Waals surface area contributed by atoms with Crippen molar-refractivity contribution in [2.45, 2.75) is 6.92 Å². The number of aliphatic carboxylic acids is 1. The maximum absolute atomic E-state index is 14.2. The van der Waals surface area contributed by atoms with E-state index in [9.17, 15) is 9.18 Å². The van der Waals surface area contributed by atoms with Crippen molar-refractivity contribution in [1.29, 1.82) is 0 Å². The molecule has 0 unspecified atom stereocenters. The highest BCUT2D eigenvalue weighted by Crippen LogP contribution is 2.27. The minimum Gasteiger partial charge on any atom is -0.478 e. The van der Waals surface area contributed by atoms with Gasteiger partial charge in [0.05, 0.1) is 5.69 Å². The van der Waals surface area contributed by atoms with Crippen LogP contribution in [0.5, 0.6) is 0 Å². The van der Waals surface area contributed by atoms with Crippen LogP contribution in [0.1, 0.15) is 11.1 Å². The number of halogens is 1. The monoisotopic (exact) mass is 285 g/mol. The Morgan fingerprint density at radius 2 is 2.00 bits per heavy atom. The number of carboxylic acid groups (broad SMARTS) is 1. The third-order valence-electron chi connectivity index (χ3n) is 3.14. The first-order valence-corrected chi connectivity index (χ1v) is 6.48. The average Bonchev–Trinajstić information content (AvgIpc) is 2.44. The van der Waals surface area contributed by atoms with Gasteiger partial charge in [-0.1, -0.05) is 18.2 Å². The van der Waals surface area contributed by atoms with Gasteiger partial charge in [-0.25, -0.2) is 9.18 Å². The summed E-state index contributed by atoms with van der Waals surface area (Å²) in [6, 6.07) is 12.4. The molecule has 2 aromatic carbocycles. The molecule has 2 aromatic rings. The van der Waals surface area contributed by atoms with Crippen LogP contribution in [0.15, 0.2) is 48.5 Å². The van der Waals surface area contributed by atoms with Crippen LogP contribution in [0.25, 0.3) is 6.08 Å². The molecule has 0 saturated carbocycles. The minimum atomic E-state index is -1.06. The zero-order chi connectivity index (χ0) is 15.4. The summed E-state index contributed by atoms with van der Waals surface area (Å²) in [5, 5.41) is 8.57. The molecule has 2 rings (SSSR count). The fraction of sp³-hybridized carbons (Fsp3) is 0.118. The van der Waals surface area contributed by atoms with Crippen molar-refractivity contribution in [1.82, 2.24) is 0 Å². The van der Waals surface area contributed by atoms with Crippen LogP contribution in [-0.2, 0) is 4.79 Å². The lowest BCUT2D eigenvalue weighted by atomic mass is 10.1. The Morgan fingerprint density at radius 3 is 2.62 bits per heavy atom. The van der Waals surface area contributed by atoms with E-state index < -0.39 is 11.8 Å². The summed E-state index contributed by atoms with van der Waals surface area (Å²) in [5.41, 5.74) is 2.94. The van der Waals surface area contributed by atoms with Crippen molar-refractivity contribution in [2.24, 2.45) is 0 Å². The first-order chi connectivity index (χ1) is 9.97. The molecule has 0 spiro atoms. The van der Waals surface area contributed by atoms with Gasteiger partial charge in [0.25, 0.3) is 0 Å². The Balaban J connectivity index is 2.30. The molecule has 0 aliphatic heterocycles. The van der Waals surface area contributed by atoms with Gasteiger partial charge in [-0.05, 0) is 48.4 Å². The quantitative estimate of drug-likeness (QED) is 0.863. The van der Waals surface area contributed by atoms with Crippen molar-refractivity contribution in [3.05, 3.63) is 65.5 Å². The summed E-state index contributed by atoms with van der Waals surface area (Å²) < 4.78 is 14.2. The molecule has 4 heteroatoms. The summed E-state index contributed by atoms with van der Waals surface area (Å²) in [4.78, 5) is 12.2. The van der Waals surface area contributed by atoms with Crippen LogP contribution < -0.4 is 4.90 Å². The van der Waals surface area contributed by atoms with E-state index in [4.69, 9.17) is 5.11 Å². The number of carbonyl (C=O) groups is 1. The standard InChI is InChI=1S/C17H16FNO2/c1-12-4-3-5-14(10-12)19(2)16-8-6-13(11-15(16)18)7-9-17(20)21/h3-11H,1-2H3,(H,20,21). The van der Waals surface area contributed by atoms with E-state index in [1.165, 1.54) is 12.1 Å². The predicted octanol–water partition coefficient (Wildman–Crippen LogP) is 4.00. The Kier molecular flexibility index (Phi) is 4.38. The zero-order valence-electron chi connectivity index (χ0n) is 11.9. The normalized spacial score (nSPS) is 10.8. The molecule has 21 heavy (non-hydrogen) atoms. The highest BCUT2D eigenvalue weighted by molar-refractivity contribution is 5.85. The maximum Gasteiger partial charge on any atom is 0.328 e. The van der Waals surface area contributed by atoms with Gasteiger partial charge >= 0.3 is 5.97 Å². The van der Waals surface area contributed by atoms with Crippen LogP contribution in [0, 0.1) is 12.7 Å². The van der Waals surface area contributed by atoms with Crippen molar-refractivity contribution >= 4 is 23.4 Å². The van der Waals surface area contributed by atoms with Gasteiger partial charge in [-0.3, -0.25) is 0 Å². The van der Waals surface area contributed by atoms with Crippen LogP contribution in [0.2, 0.25) is 0 Å². The lowest BCUT2D eigenvalue weighted by Gasteiger charge is -2.20. The largest absolute Gasteiger partial charge is 0.478 e. The van der Waals surface area contributed by atoms with Gasteiger partial charge < -0.3 is 10.0 Å². The van der Waals surface area contributed by atoms with E-state index in [-0.39, 0.29) is 0 Å². The number of benzene rings is 2. The van der Waals surface area contributed by atoms with E-state index in [1.807, 2.05) is 31.2 Å². The van der Waals surface area contributed by atoms with Crippen molar-refractivity contribution in [3.8, 4) is 0 Å². The topological polar surface area (TPSA) is 40.5 Å². The molecular weight excluding hydrogens is 269 g/mol. The van der Waals surface area contributed by atoms with Gasteiger partial charge in [-0.15, -0.1) is 0 Å². The molecule has 3 nitrogen and oxygen atoms in total. The number of anilines is 2. The van der Waals surface area contributed by atoms with Crippen LogP contribution in [0.4, 0.5) is 15.8 Å². The van der Waals surface area contributed by atoms with E-state index in [0.29, 0.717) is 11.3 Å². The maximum atomic E-state index is 14.2. The fourth-order valence-electron chi connectivity index (χ4n) is 2.04. The lowest BCUT2D eigenvalue weighted by Crippen LogP contribution is -2.11. The highest BCUT2D eigenvalue weighted by Gasteiger charge is 2.09. The first-order valence-electron chi connectivity index (χ1n) is 6.48. The van der Waals surface area contributed by atoms with Gasteiger partial charge in [0.1, 0.15) is 5.82 Å². The number of hydrogen-bond acceptors (Lipinski definition) is 2. The van der Waals surface area contributed by atoms with Crippen molar-refractivity contribution in [3.63, 3.8) is 0 Å². The molecule has 0 aromatic heterocycles. The third-order valence-corrected chi connectivity index (χ3v) is 3.14. The molecule has 0 saturated heterocycles. The number of aryl methyl sites for hydroxylation is 1. The molecule has 0 aliphatic rings. The second kappa shape index (κ2) is 6.22. The molecule has 0 atom stereocenters. The minimum absolute atomic E-state index is 0.397. The summed E-state index contributed by atoms with van der Waals surface area (Å²) in [6.45, 7) is 1.98. The molecule has 0 radical (unpaired) electrons. The van der Waals surface area contributed by atoms with Crippen molar-refractivity contribution < 1.29 is 14.3 Å². The lowest BCUT2D eigenvalue weighted by molar-refractivity contribution is -0.131. The smallest absolute Gasteiger partial charge is 0.328 e. The second-order valence-corrected chi connectivity index (χ2v) is 4.78. The van der Waals surface area contributed by atoms with E-state index >= 15 is 0 Å². The first kappa shape index (κ1) is 14.8. The van der Waals surface area contributed by atoms with E-state index in [1.54, 1.807) is 24.1 Å². The number of hydrogen-bond donors (Lipinski definition) is 1. The second-order valence-electron chi connectivity index (χ2n) is 4.78. The molecule has 0 amide bonds. The van der Waals surface area contributed by atoms with Gasteiger partial charge in [0.15, 0.2) is 0 Å². The van der Waals surface area contributed by atoms with E-state index in [0.717, 1.165) is 17.3 Å². The van der Waals surface area contributed by atoms with E-state index in [2.05, 4.69) is 0 Å². The summed E-state index contributed by atoms with van der Waals surface area (Å²) >= 11 is 0. The Morgan fingerprint density at radius 1 is 1.24 bits per heavy atom. The predicted molar refractivity (Wildman–Crippen MR) is 82.3 cm³/mol.